The highest BCUT2D eigenvalue weighted by atomic mass is 32.2. The molecule has 1 rings (SSSR count). The minimum Gasteiger partial charge on any atom is -0.466 e. The molecule has 0 radical (unpaired) electrons. The summed E-state index contributed by atoms with van der Waals surface area (Å²) in [4.78, 5) is 15.4. The van der Waals surface area contributed by atoms with Crippen molar-refractivity contribution in [1.29, 1.82) is 0 Å². The van der Waals surface area contributed by atoms with Gasteiger partial charge in [-0.1, -0.05) is 13.0 Å². The van der Waals surface area contributed by atoms with Gasteiger partial charge < -0.3 is 4.74 Å². The standard InChI is InChI=1S/C11H15NO2S/c1-3-14-11(13)8-9(2)15-10-6-4-5-7-12-10/h4-7,9H,3,8H2,1-2H3. The van der Waals surface area contributed by atoms with Crippen LogP contribution in [0.5, 0.6) is 0 Å². The first kappa shape index (κ1) is 12.0. The molecule has 15 heavy (non-hydrogen) atoms. The number of aromatic nitrogens is 1. The molecule has 0 aliphatic heterocycles. The van der Waals surface area contributed by atoms with Gasteiger partial charge in [0.25, 0.3) is 0 Å². The van der Waals surface area contributed by atoms with Gasteiger partial charge in [-0.15, -0.1) is 11.8 Å². The topological polar surface area (TPSA) is 39.2 Å². The summed E-state index contributed by atoms with van der Waals surface area (Å²) in [6.45, 7) is 4.25. The van der Waals surface area contributed by atoms with Gasteiger partial charge in [0.05, 0.1) is 18.1 Å². The zero-order valence-electron chi connectivity index (χ0n) is 8.97. The maximum atomic E-state index is 11.2. The third-order valence-corrected chi connectivity index (χ3v) is 2.77. The normalized spacial score (nSPS) is 12.1. The Morgan fingerprint density at radius 3 is 3.00 bits per heavy atom. The minimum absolute atomic E-state index is 0.145. The highest BCUT2D eigenvalue weighted by Crippen LogP contribution is 2.22. The number of thioether (sulfide) groups is 1. The Bertz CT molecular complexity index is 303. The van der Waals surface area contributed by atoms with Gasteiger partial charge in [-0.25, -0.2) is 4.98 Å². The number of pyridine rings is 1. The molecule has 1 unspecified atom stereocenters. The van der Waals surface area contributed by atoms with E-state index in [0.717, 1.165) is 5.03 Å². The van der Waals surface area contributed by atoms with Crippen LogP contribution in [0.25, 0.3) is 0 Å². The first-order valence-electron chi connectivity index (χ1n) is 4.95. The van der Waals surface area contributed by atoms with E-state index in [4.69, 9.17) is 4.74 Å². The van der Waals surface area contributed by atoms with Gasteiger partial charge in [0.1, 0.15) is 0 Å². The zero-order valence-corrected chi connectivity index (χ0v) is 9.79. The average Bonchev–Trinajstić information content (AvgIpc) is 2.19. The predicted molar refractivity (Wildman–Crippen MR) is 60.8 cm³/mol. The van der Waals surface area contributed by atoms with Crippen LogP contribution in [-0.4, -0.2) is 22.8 Å². The molecule has 0 spiro atoms. The number of hydrogen-bond acceptors (Lipinski definition) is 4. The van der Waals surface area contributed by atoms with Gasteiger partial charge in [0.15, 0.2) is 0 Å². The lowest BCUT2D eigenvalue weighted by atomic mass is 10.3. The molecule has 82 valence electrons. The molecule has 0 saturated heterocycles. The Kier molecular flexibility index (Phi) is 5.18. The van der Waals surface area contributed by atoms with E-state index in [-0.39, 0.29) is 11.2 Å². The summed E-state index contributed by atoms with van der Waals surface area (Å²) < 4.78 is 4.88. The number of esters is 1. The molecular formula is C11H15NO2S. The van der Waals surface area contributed by atoms with Crippen LogP contribution in [-0.2, 0) is 9.53 Å². The van der Waals surface area contributed by atoms with Crippen LogP contribution in [0.4, 0.5) is 0 Å². The number of hydrogen-bond donors (Lipinski definition) is 0. The average molecular weight is 225 g/mol. The van der Waals surface area contributed by atoms with E-state index >= 15 is 0 Å². The van der Waals surface area contributed by atoms with Crippen molar-refractivity contribution in [3.05, 3.63) is 24.4 Å². The third kappa shape index (κ3) is 4.83. The highest BCUT2D eigenvalue weighted by molar-refractivity contribution is 7.99. The summed E-state index contributed by atoms with van der Waals surface area (Å²) in [5, 5.41) is 1.13. The maximum Gasteiger partial charge on any atom is 0.306 e. The van der Waals surface area contributed by atoms with E-state index in [1.807, 2.05) is 32.0 Å². The third-order valence-electron chi connectivity index (χ3n) is 1.72. The van der Waals surface area contributed by atoms with E-state index in [9.17, 15) is 4.79 Å². The Hall–Kier alpha value is -1.03. The van der Waals surface area contributed by atoms with Gasteiger partial charge in [-0.05, 0) is 19.1 Å². The lowest BCUT2D eigenvalue weighted by Crippen LogP contribution is -2.10. The molecule has 0 saturated carbocycles. The Labute approximate surface area is 94.2 Å². The van der Waals surface area contributed by atoms with E-state index in [1.54, 1.807) is 18.0 Å². The molecule has 0 bridgehead atoms. The van der Waals surface area contributed by atoms with Gasteiger partial charge >= 0.3 is 5.97 Å². The highest BCUT2D eigenvalue weighted by Gasteiger charge is 2.11. The number of rotatable bonds is 5. The van der Waals surface area contributed by atoms with Crippen LogP contribution >= 0.6 is 11.8 Å². The number of carbonyl (C=O) groups is 1. The van der Waals surface area contributed by atoms with E-state index in [0.29, 0.717) is 13.0 Å². The zero-order chi connectivity index (χ0) is 11.1. The Morgan fingerprint density at radius 2 is 2.40 bits per heavy atom. The van der Waals surface area contributed by atoms with Crippen molar-refractivity contribution in [1.82, 2.24) is 4.98 Å². The van der Waals surface area contributed by atoms with Crippen molar-refractivity contribution in [3.8, 4) is 0 Å². The second-order valence-corrected chi connectivity index (χ2v) is 4.56. The fourth-order valence-corrected chi connectivity index (χ4v) is 2.03. The van der Waals surface area contributed by atoms with Crippen molar-refractivity contribution < 1.29 is 9.53 Å². The van der Waals surface area contributed by atoms with Gasteiger partial charge in [-0.3, -0.25) is 4.79 Å². The Balaban J connectivity index is 2.36. The summed E-state index contributed by atoms with van der Waals surface area (Å²) in [5.41, 5.74) is 0. The van der Waals surface area contributed by atoms with Crippen molar-refractivity contribution in [2.75, 3.05) is 6.61 Å². The molecule has 1 aromatic rings. The van der Waals surface area contributed by atoms with Crippen molar-refractivity contribution >= 4 is 17.7 Å². The summed E-state index contributed by atoms with van der Waals surface area (Å²) in [6.07, 6.45) is 2.18. The molecule has 0 aliphatic carbocycles. The fraction of sp³-hybridized carbons (Fsp3) is 0.455. The van der Waals surface area contributed by atoms with Crippen LogP contribution in [0.2, 0.25) is 0 Å². The first-order chi connectivity index (χ1) is 7.22. The van der Waals surface area contributed by atoms with Crippen LogP contribution < -0.4 is 0 Å². The molecule has 1 atom stereocenters. The molecule has 0 N–H and O–H groups in total. The molecule has 0 aliphatic rings. The summed E-state index contributed by atoms with van der Waals surface area (Å²) >= 11 is 1.59. The number of nitrogens with zero attached hydrogens (tertiary/aromatic N) is 1. The minimum atomic E-state index is -0.145. The molecular weight excluding hydrogens is 210 g/mol. The SMILES string of the molecule is CCOC(=O)CC(C)Sc1ccccn1. The van der Waals surface area contributed by atoms with Crippen LogP contribution in [0.3, 0.4) is 0 Å². The van der Waals surface area contributed by atoms with Crippen LogP contribution in [0, 0.1) is 0 Å². The van der Waals surface area contributed by atoms with Crippen molar-refractivity contribution in [3.63, 3.8) is 0 Å². The van der Waals surface area contributed by atoms with Gasteiger partial charge in [-0.2, -0.15) is 0 Å². The van der Waals surface area contributed by atoms with Crippen LogP contribution in [0.1, 0.15) is 20.3 Å². The quantitative estimate of drug-likeness (QED) is 0.570. The summed E-state index contributed by atoms with van der Waals surface area (Å²) in [5.74, 6) is -0.145. The molecule has 0 fully saturated rings. The van der Waals surface area contributed by atoms with Gasteiger partial charge in [0, 0.05) is 11.4 Å². The number of carbonyl (C=O) groups excluding carboxylic acids is 1. The van der Waals surface area contributed by atoms with Crippen LogP contribution in [0.15, 0.2) is 29.4 Å². The van der Waals surface area contributed by atoms with E-state index in [1.165, 1.54) is 0 Å². The fourth-order valence-electron chi connectivity index (χ4n) is 1.12. The number of ether oxygens (including phenoxy) is 1. The van der Waals surface area contributed by atoms with Crippen molar-refractivity contribution in [2.45, 2.75) is 30.5 Å². The second kappa shape index (κ2) is 6.45. The summed E-state index contributed by atoms with van der Waals surface area (Å²) in [7, 11) is 0. The molecule has 4 heteroatoms. The largest absolute Gasteiger partial charge is 0.466 e. The molecule has 1 aromatic heterocycles. The van der Waals surface area contributed by atoms with E-state index in [2.05, 4.69) is 4.98 Å². The lowest BCUT2D eigenvalue weighted by molar-refractivity contribution is -0.142. The van der Waals surface area contributed by atoms with Crippen molar-refractivity contribution in [2.24, 2.45) is 0 Å². The summed E-state index contributed by atoms with van der Waals surface area (Å²) in [6, 6.07) is 5.75. The molecule has 3 nitrogen and oxygen atoms in total. The lowest BCUT2D eigenvalue weighted by Gasteiger charge is -2.09. The molecule has 0 aromatic carbocycles. The monoisotopic (exact) mass is 225 g/mol. The van der Waals surface area contributed by atoms with Gasteiger partial charge in [0.2, 0.25) is 0 Å². The smallest absolute Gasteiger partial charge is 0.306 e. The Morgan fingerprint density at radius 1 is 1.60 bits per heavy atom. The first-order valence-corrected chi connectivity index (χ1v) is 5.83. The molecule has 1 heterocycles. The molecule has 0 amide bonds. The maximum absolute atomic E-state index is 11.2. The van der Waals surface area contributed by atoms with E-state index < -0.39 is 0 Å². The second-order valence-electron chi connectivity index (χ2n) is 3.11. The predicted octanol–water partition coefficient (Wildman–Crippen LogP) is 2.52.